The van der Waals surface area contributed by atoms with Gasteiger partial charge in [0.2, 0.25) is 5.88 Å². The lowest BCUT2D eigenvalue weighted by Crippen LogP contribution is -2.05. The molecule has 0 bridgehead atoms. The maximum atomic E-state index is 5.95. The summed E-state index contributed by atoms with van der Waals surface area (Å²) in [6.45, 7) is 2.60. The number of pyridine rings is 1. The first kappa shape index (κ1) is 13.4. The molecule has 0 fully saturated rings. The second-order valence-corrected chi connectivity index (χ2v) is 5.45. The van der Waals surface area contributed by atoms with Crippen LogP contribution in [0.25, 0.3) is 6.08 Å². The van der Waals surface area contributed by atoms with Crippen molar-refractivity contribution < 1.29 is 4.74 Å². The zero-order chi connectivity index (χ0) is 13.9. The first-order valence-corrected chi connectivity index (χ1v) is 7.83. The van der Waals surface area contributed by atoms with Crippen LogP contribution in [0, 0.1) is 6.92 Å². The van der Waals surface area contributed by atoms with Crippen molar-refractivity contribution in [2.75, 3.05) is 0 Å². The number of nitrogens with zero attached hydrogens (tertiary/aromatic N) is 1. The van der Waals surface area contributed by atoms with Crippen LogP contribution in [0.5, 0.6) is 5.88 Å². The number of hydrogen-bond acceptors (Lipinski definition) is 2. The number of allylic oxidation sites excluding steroid dienone is 1. The van der Waals surface area contributed by atoms with Gasteiger partial charge in [-0.05, 0) is 30.0 Å². The van der Waals surface area contributed by atoms with E-state index in [4.69, 9.17) is 4.74 Å². The molecule has 0 atom stereocenters. The van der Waals surface area contributed by atoms with Gasteiger partial charge in [-0.1, -0.05) is 58.4 Å². The Balaban J connectivity index is 1.89. The minimum atomic E-state index is 0.555. The Labute approximate surface area is 127 Å². The predicted octanol–water partition coefficient (Wildman–Crippen LogP) is 4.43. The summed E-state index contributed by atoms with van der Waals surface area (Å²) >= 11 is 3.56. The molecule has 0 radical (unpaired) electrons. The third-order valence-electron chi connectivity index (χ3n) is 3.57. The monoisotopic (exact) mass is 329 g/mol. The molecule has 0 N–H and O–H groups in total. The molecule has 102 valence electrons. The van der Waals surface area contributed by atoms with E-state index in [9.17, 15) is 0 Å². The molecule has 3 heteroatoms. The van der Waals surface area contributed by atoms with Crippen molar-refractivity contribution in [3.8, 4) is 5.88 Å². The lowest BCUT2D eigenvalue weighted by Gasteiger charge is -2.15. The zero-order valence-corrected chi connectivity index (χ0v) is 13.0. The third-order valence-corrected chi connectivity index (χ3v) is 4.13. The smallest absolute Gasteiger partial charge is 0.218 e. The fraction of sp³-hybridized carbons (Fsp3) is 0.235. The second-order valence-electron chi connectivity index (χ2n) is 4.89. The summed E-state index contributed by atoms with van der Waals surface area (Å²) in [5.74, 6) is 0.755. The normalized spacial score (nSPS) is 12.5. The number of aromatic nitrogens is 1. The fourth-order valence-corrected chi connectivity index (χ4v) is 3.10. The van der Waals surface area contributed by atoms with Gasteiger partial charge in [0.15, 0.2) is 0 Å². The molecule has 0 unspecified atom stereocenters. The van der Waals surface area contributed by atoms with Crippen molar-refractivity contribution in [3.05, 3.63) is 64.4 Å². The van der Waals surface area contributed by atoms with E-state index in [1.54, 1.807) is 0 Å². The SMILES string of the molecule is Cc1nc(OCc2ccccc2)c(CBr)c2c1C=CC2. The molecule has 2 aromatic rings. The molecule has 1 aliphatic rings. The zero-order valence-electron chi connectivity index (χ0n) is 11.4. The van der Waals surface area contributed by atoms with Gasteiger partial charge in [-0.25, -0.2) is 4.98 Å². The molecule has 0 aliphatic heterocycles. The van der Waals surface area contributed by atoms with Crippen LogP contribution in [-0.2, 0) is 18.4 Å². The van der Waals surface area contributed by atoms with Gasteiger partial charge in [0.05, 0.1) is 0 Å². The average Bonchev–Trinajstić information content (AvgIpc) is 2.96. The van der Waals surface area contributed by atoms with Crippen LogP contribution in [0.1, 0.15) is 27.9 Å². The Morgan fingerprint density at radius 1 is 1.25 bits per heavy atom. The minimum Gasteiger partial charge on any atom is -0.473 e. The van der Waals surface area contributed by atoms with Gasteiger partial charge in [0.25, 0.3) is 0 Å². The topological polar surface area (TPSA) is 22.1 Å². The summed E-state index contributed by atoms with van der Waals surface area (Å²) in [6.07, 6.45) is 5.32. The second kappa shape index (κ2) is 5.80. The number of halogens is 1. The standard InChI is InChI=1S/C17H16BrNO/c1-12-14-8-5-9-15(14)16(10-18)17(19-12)20-11-13-6-3-2-4-7-13/h2-8H,9-11H2,1H3. The van der Waals surface area contributed by atoms with E-state index in [2.05, 4.69) is 45.2 Å². The van der Waals surface area contributed by atoms with E-state index < -0.39 is 0 Å². The van der Waals surface area contributed by atoms with Gasteiger partial charge in [-0.15, -0.1) is 0 Å². The lowest BCUT2D eigenvalue weighted by atomic mass is 10.0. The number of ether oxygens (including phenoxy) is 1. The highest BCUT2D eigenvalue weighted by Crippen LogP contribution is 2.32. The van der Waals surface area contributed by atoms with E-state index in [0.29, 0.717) is 6.61 Å². The highest BCUT2D eigenvalue weighted by molar-refractivity contribution is 9.08. The quantitative estimate of drug-likeness (QED) is 0.774. The summed E-state index contributed by atoms with van der Waals surface area (Å²) < 4.78 is 5.95. The van der Waals surface area contributed by atoms with Crippen molar-refractivity contribution in [2.24, 2.45) is 0 Å². The van der Waals surface area contributed by atoms with Crippen molar-refractivity contribution in [1.82, 2.24) is 4.98 Å². The molecule has 0 amide bonds. The van der Waals surface area contributed by atoms with Crippen molar-refractivity contribution in [1.29, 1.82) is 0 Å². The lowest BCUT2D eigenvalue weighted by molar-refractivity contribution is 0.290. The summed E-state index contributed by atoms with van der Waals surface area (Å²) in [5, 5.41) is 0.772. The number of benzene rings is 1. The van der Waals surface area contributed by atoms with E-state index in [-0.39, 0.29) is 0 Å². The first-order valence-electron chi connectivity index (χ1n) is 6.71. The van der Waals surface area contributed by atoms with Gasteiger partial charge in [0, 0.05) is 16.6 Å². The molecule has 0 spiro atoms. The maximum Gasteiger partial charge on any atom is 0.218 e. The van der Waals surface area contributed by atoms with Crippen LogP contribution >= 0.6 is 15.9 Å². The predicted molar refractivity (Wildman–Crippen MR) is 85.1 cm³/mol. The van der Waals surface area contributed by atoms with Gasteiger partial charge < -0.3 is 4.74 Å². The molecule has 3 rings (SSSR count). The number of alkyl halides is 1. The van der Waals surface area contributed by atoms with Crippen molar-refractivity contribution in [2.45, 2.75) is 25.3 Å². The Morgan fingerprint density at radius 2 is 2.05 bits per heavy atom. The number of fused-ring (bicyclic) bond motifs is 1. The maximum absolute atomic E-state index is 5.95. The first-order chi connectivity index (χ1) is 9.79. The van der Waals surface area contributed by atoms with Crippen LogP contribution in [0.15, 0.2) is 36.4 Å². The molecule has 1 aromatic heterocycles. The molecule has 1 aromatic carbocycles. The van der Waals surface area contributed by atoms with Crippen molar-refractivity contribution >= 4 is 22.0 Å². The van der Waals surface area contributed by atoms with Gasteiger partial charge in [-0.3, -0.25) is 0 Å². The van der Waals surface area contributed by atoms with Crippen LogP contribution in [0.2, 0.25) is 0 Å². The van der Waals surface area contributed by atoms with Gasteiger partial charge >= 0.3 is 0 Å². The number of rotatable bonds is 4. The molecule has 0 saturated heterocycles. The summed E-state index contributed by atoms with van der Waals surface area (Å²) in [7, 11) is 0. The van der Waals surface area contributed by atoms with E-state index >= 15 is 0 Å². The molecule has 1 heterocycles. The number of aryl methyl sites for hydroxylation is 1. The average molecular weight is 330 g/mol. The molecule has 0 saturated carbocycles. The van der Waals surface area contributed by atoms with Gasteiger partial charge in [0.1, 0.15) is 6.61 Å². The van der Waals surface area contributed by atoms with Crippen LogP contribution in [0.3, 0.4) is 0 Å². The third kappa shape index (κ3) is 2.50. The van der Waals surface area contributed by atoms with E-state index in [1.165, 1.54) is 16.7 Å². The highest BCUT2D eigenvalue weighted by atomic mass is 79.9. The number of hydrogen-bond donors (Lipinski definition) is 0. The molecule has 2 nitrogen and oxygen atoms in total. The highest BCUT2D eigenvalue weighted by Gasteiger charge is 2.18. The summed E-state index contributed by atoms with van der Waals surface area (Å²) in [6, 6.07) is 10.2. The molecule has 1 aliphatic carbocycles. The molecule has 20 heavy (non-hydrogen) atoms. The van der Waals surface area contributed by atoms with Crippen LogP contribution in [0.4, 0.5) is 0 Å². The van der Waals surface area contributed by atoms with Crippen LogP contribution in [-0.4, -0.2) is 4.98 Å². The summed E-state index contributed by atoms with van der Waals surface area (Å²) in [4.78, 5) is 4.63. The van der Waals surface area contributed by atoms with Crippen molar-refractivity contribution in [3.63, 3.8) is 0 Å². The van der Waals surface area contributed by atoms with Crippen LogP contribution < -0.4 is 4.74 Å². The van der Waals surface area contributed by atoms with Gasteiger partial charge in [-0.2, -0.15) is 0 Å². The summed E-state index contributed by atoms with van der Waals surface area (Å²) in [5.41, 5.74) is 5.98. The minimum absolute atomic E-state index is 0.555. The fourth-order valence-electron chi connectivity index (χ4n) is 2.52. The molecular weight excluding hydrogens is 314 g/mol. The Kier molecular flexibility index (Phi) is 3.88. The van der Waals surface area contributed by atoms with E-state index in [0.717, 1.165) is 28.9 Å². The Hall–Kier alpha value is -1.61. The molecular formula is C17H16BrNO. The van der Waals surface area contributed by atoms with E-state index in [1.807, 2.05) is 25.1 Å². The Bertz CT molecular complexity index is 650. The largest absolute Gasteiger partial charge is 0.473 e. The Morgan fingerprint density at radius 3 is 2.80 bits per heavy atom.